The van der Waals surface area contributed by atoms with E-state index in [9.17, 15) is 8.78 Å². The number of nitrogens with two attached hydrogens (primary N) is 1. The highest BCUT2D eigenvalue weighted by atomic mass is 19.2. The van der Waals surface area contributed by atoms with Crippen molar-refractivity contribution in [3.63, 3.8) is 0 Å². The molecule has 2 rings (SSSR count). The van der Waals surface area contributed by atoms with E-state index in [2.05, 4.69) is 0 Å². The number of hydrogen-bond acceptors (Lipinski definition) is 1. The fourth-order valence-electron chi connectivity index (χ4n) is 2.70. The van der Waals surface area contributed by atoms with E-state index in [4.69, 9.17) is 5.73 Å². The summed E-state index contributed by atoms with van der Waals surface area (Å²) in [6.07, 6.45) is 6.81. The van der Waals surface area contributed by atoms with Crippen LogP contribution in [-0.2, 0) is 0 Å². The molecule has 17 heavy (non-hydrogen) atoms. The molecule has 2 N–H and O–H groups in total. The number of benzene rings is 1. The normalized spacial score (nSPS) is 19.9. The summed E-state index contributed by atoms with van der Waals surface area (Å²) in [6.45, 7) is 0. The zero-order chi connectivity index (χ0) is 12.3. The molecule has 0 saturated heterocycles. The van der Waals surface area contributed by atoms with Crippen molar-refractivity contribution in [1.29, 1.82) is 0 Å². The summed E-state index contributed by atoms with van der Waals surface area (Å²) in [5, 5.41) is 0. The first-order valence-corrected chi connectivity index (χ1v) is 6.39. The van der Waals surface area contributed by atoms with Gasteiger partial charge >= 0.3 is 0 Å². The molecule has 0 heterocycles. The molecular formula is C14H19F2N. The second kappa shape index (κ2) is 5.58. The molecule has 1 saturated carbocycles. The molecular weight excluding hydrogens is 220 g/mol. The first-order valence-electron chi connectivity index (χ1n) is 6.39. The van der Waals surface area contributed by atoms with E-state index in [1.807, 2.05) is 0 Å². The molecule has 1 nitrogen and oxygen atoms in total. The van der Waals surface area contributed by atoms with Crippen LogP contribution in [0.4, 0.5) is 8.78 Å². The van der Waals surface area contributed by atoms with Gasteiger partial charge in [0, 0.05) is 11.6 Å². The largest absolute Gasteiger partial charge is 0.324 e. The van der Waals surface area contributed by atoms with E-state index in [1.54, 1.807) is 6.07 Å². The average molecular weight is 239 g/mol. The Balaban J connectivity index is 2.17. The first kappa shape index (κ1) is 12.5. The molecule has 1 unspecified atom stereocenters. The molecule has 1 fully saturated rings. The summed E-state index contributed by atoms with van der Waals surface area (Å²) < 4.78 is 26.8. The molecule has 0 bridgehead atoms. The zero-order valence-electron chi connectivity index (χ0n) is 9.96. The van der Waals surface area contributed by atoms with Crippen molar-refractivity contribution in [2.45, 2.75) is 44.6 Å². The maximum atomic E-state index is 13.7. The van der Waals surface area contributed by atoms with Gasteiger partial charge in [-0.25, -0.2) is 8.78 Å². The zero-order valence-corrected chi connectivity index (χ0v) is 9.96. The Morgan fingerprint density at radius 3 is 2.35 bits per heavy atom. The van der Waals surface area contributed by atoms with Crippen LogP contribution in [0.3, 0.4) is 0 Å². The Kier molecular flexibility index (Phi) is 4.11. The fraction of sp³-hybridized carbons (Fsp3) is 0.571. The van der Waals surface area contributed by atoms with Gasteiger partial charge in [0.2, 0.25) is 0 Å². The Labute approximate surface area is 101 Å². The molecule has 0 amide bonds. The SMILES string of the molecule is NC(c1cccc(F)c1F)C1CCCCCC1. The smallest absolute Gasteiger partial charge is 0.163 e. The lowest BCUT2D eigenvalue weighted by Crippen LogP contribution is -2.22. The van der Waals surface area contributed by atoms with Crippen molar-refractivity contribution < 1.29 is 8.78 Å². The topological polar surface area (TPSA) is 26.0 Å². The second-order valence-electron chi connectivity index (χ2n) is 4.92. The standard InChI is InChI=1S/C14H19F2N/c15-12-9-5-8-11(13(12)16)14(17)10-6-3-1-2-4-7-10/h5,8-10,14H,1-4,6-7,17H2. The summed E-state index contributed by atoms with van der Waals surface area (Å²) in [4.78, 5) is 0. The van der Waals surface area contributed by atoms with Crippen LogP contribution in [0.25, 0.3) is 0 Å². The third-order valence-electron chi connectivity index (χ3n) is 3.75. The van der Waals surface area contributed by atoms with Gasteiger partial charge in [0.1, 0.15) is 0 Å². The van der Waals surface area contributed by atoms with Crippen LogP contribution in [0.15, 0.2) is 18.2 Å². The van der Waals surface area contributed by atoms with E-state index < -0.39 is 11.6 Å². The highest BCUT2D eigenvalue weighted by Crippen LogP contribution is 2.33. The minimum atomic E-state index is -0.799. The monoisotopic (exact) mass is 239 g/mol. The summed E-state index contributed by atoms with van der Waals surface area (Å²) in [5.74, 6) is -1.29. The van der Waals surface area contributed by atoms with Gasteiger partial charge in [-0.15, -0.1) is 0 Å². The molecule has 0 aromatic heterocycles. The summed E-state index contributed by atoms with van der Waals surface area (Å²) in [5.41, 5.74) is 6.43. The van der Waals surface area contributed by atoms with E-state index in [0.29, 0.717) is 5.56 Å². The van der Waals surface area contributed by atoms with Crippen molar-refractivity contribution in [3.05, 3.63) is 35.4 Å². The van der Waals surface area contributed by atoms with Gasteiger partial charge in [0.05, 0.1) is 0 Å². The van der Waals surface area contributed by atoms with Crippen molar-refractivity contribution in [1.82, 2.24) is 0 Å². The lowest BCUT2D eigenvalue weighted by atomic mass is 9.87. The molecule has 1 aliphatic rings. The summed E-state index contributed by atoms with van der Waals surface area (Å²) in [7, 11) is 0. The van der Waals surface area contributed by atoms with Crippen LogP contribution in [0.2, 0.25) is 0 Å². The van der Waals surface area contributed by atoms with E-state index in [1.165, 1.54) is 18.9 Å². The number of halogens is 2. The van der Waals surface area contributed by atoms with Gasteiger partial charge < -0.3 is 5.73 Å². The molecule has 0 radical (unpaired) electrons. The van der Waals surface area contributed by atoms with Crippen molar-refractivity contribution >= 4 is 0 Å². The van der Waals surface area contributed by atoms with Gasteiger partial charge in [-0.3, -0.25) is 0 Å². The molecule has 1 aromatic rings. The Bertz CT molecular complexity index is 370. The van der Waals surface area contributed by atoms with Crippen LogP contribution in [0.1, 0.15) is 50.1 Å². The summed E-state index contributed by atoms with van der Waals surface area (Å²) in [6, 6.07) is 3.90. The second-order valence-corrected chi connectivity index (χ2v) is 4.92. The highest BCUT2D eigenvalue weighted by molar-refractivity contribution is 5.22. The van der Waals surface area contributed by atoms with Gasteiger partial charge in [-0.1, -0.05) is 37.8 Å². The van der Waals surface area contributed by atoms with E-state index >= 15 is 0 Å². The minimum absolute atomic E-state index is 0.286. The Morgan fingerprint density at radius 1 is 1.06 bits per heavy atom. The van der Waals surface area contributed by atoms with Crippen LogP contribution < -0.4 is 5.73 Å². The van der Waals surface area contributed by atoms with E-state index in [-0.39, 0.29) is 12.0 Å². The van der Waals surface area contributed by atoms with Gasteiger partial charge in [0.25, 0.3) is 0 Å². The van der Waals surface area contributed by atoms with Crippen molar-refractivity contribution in [2.24, 2.45) is 11.7 Å². The maximum Gasteiger partial charge on any atom is 0.163 e. The average Bonchev–Trinajstić information content (AvgIpc) is 2.60. The predicted molar refractivity (Wildman–Crippen MR) is 64.5 cm³/mol. The molecule has 1 aromatic carbocycles. The van der Waals surface area contributed by atoms with Crippen LogP contribution in [-0.4, -0.2) is 0 Å². The minimum Gasteiger partial charge on any atom is -0.324 e. The highest BCUT2D eigenvalue weighted by Gasteiger charge is 2.24. The van der Waals surface area contributed by atoms with Crippen LogP contribution in [0, 0.1) is 17.6 Å². The number of hydrogen-bond donors (Lipinski definition) is 1. The molecule has 0 spiro atoms. The van der Waals surface area contributed by atoms with Gasteiger partial charge in [-0.05, 0) is 24.8 Å². The van der Waals surface area contributed by atoms with E-state index in [0.717, 1.165) is 31.7 Å². The Morgan fingerprint density at radius 2 is 1.71 bits per heavy atom. The molecule has 1 atom stereocenters. The van der Waals surface area contributed by atoms with Crippen molar-refractivity contribution in [2.75, 3.05) is 0 Å². The van der Waals surface area contributed by atoms with Crippen molar-refractivity contribution in [3.8, 4) is 0 Å². The Hall–Kier alpha value is -0.960. The molecule has 3 heteroatoms. The third-order valence-corrected chi connectivity index (χ3v) is 3.75. The summed E-state index contributed by atoms with van der Waals surface area (Å²) >= 11 is 0. The van der Waals surface area contributed by atoms with Crippen LogP contribution in [0.5, 0.6) is 0 Å². The van der Waals surface area contributed by atoms with Gasteiger partial charge in [0.15, 0.2) is 11.6 Å². The molecule has 1 aliphatic carbocycles. The van der Waals surface area contributed by atoms with Gasteiger partial charge in [-0.2, -0.15) is 0 Å². The predicted octanol–water partition coefficient (Wildman–Crippen LogP) is 3.94. The quantitative estimate of drug-likeness (QED) is 0.777. The maximum absolute atomic E-state index is 13.7. The lowest BCUT2D eigenvalue weighted by Gasteiger charge is -2.23. The molecule has 94 valence electrons. The number of rotatable bonds is 2. The lowest BCUT2D eigenvalue weighted by molar-refractivity contribution is 0.367. The molecule has 0 aliphatic heterocycles. The third kappa shape index (κ3) is 2.83. The first-order chi connectivity index (χ1) is 8.20. The van der Waals surface area contributed by atoms with Crippen LogP contribution >= 0.6 is 0 Å². The fourth-order valence-corrected chi connectivity index (χ4v) is 2.70.